The molecule has 3 aromatic carbocycles. The minimum absolute atomic E-state index is 0.113. The SMILES string of the molecule is CC(C)NS(=O)(=O)Cc1ccccc1CNC(=O)c1ccc2c3c(cccc13)CC2. The van der Waals surface area contributed by atoms with E-state index in [0.717, 1.165) is 23.8 Å². The van der Waals surface area contributed by atoms with Crippen LogP contribution in [0.25, 0.3) is 10.8 Å². The van der Waals surface area contributed by atoms with Crippen LogP contribution in [0.4, 0.5) is 0 Å². The van der Waals surface area contributed by atoms with Gasteiger partial charge in [0.2, 0.25) is 10.0 Å². The molecule has 5 nitrogen and oxygen atoms in total. The highest BCUT2D eigenvalue weighted by Crippen LogP contribution is 2.32. The van der Waals surface area contributed by atoms with Crippen LogP contribution in [-0.2, 0) is 35.2 Å². The molecule has 3 aromatic rings. The normalized spacial score (nSPS) is 13.2. The first-order chi connectivity index (χ1) is 14.3. The summed E-state index contributed by atoms with van der Waals surface area (Å²) in [5.74, 6) is -0.262. The second-order valence-electron chi connectivity index (χ2n) is 8.09. The Balaban J connectivity index is 1.54. The Morgan fingerprint density at radius 3 is 2.37 bits per heavy atom. The number of amides is 1. The van der Waals surface area contributed by atoms with E-state index in [1.165, 1.54) is 16.5 Å². The fourth-order valence-electron chi connectivity index (χ4n) is 4.19. The van der Waals surface area contributed by atoms with Crippen molar-refractivity contribution in [3.63, 3.8) is 0 Å². The highest BCUT2D eigenvalue weighted by Gasteiger charge is 2.19. The van der Waals surface area contributed by atoms with Crippen LogP contribution in [0, 0.1) is 0 Å². The predicted octanol–water partition coefficient (Wildman–Crippen LogP) is 3.70. The number of sulfonamides is 1. The standard InChI is InChI=1S/C24H26N2O3S/c1-16(2)26-30(28,29)15-20-7-4-3-6-19(20)14-25-24(27)22-13-12-18-11-10-17-8-5-9-21(22)23(17)18/h3-9,12-13,16,26H,10-11,14-15H2,1-2H3,(H,25,27). The average Bonchev–Trinajstić information content (AvgIpc) is 3.11. The van der Waals surface area contributed by atoms with Crippen molar-refractivity contribution in [2.75, 3.05) is 0 Å². The summed E-state index contributed by atoms with van der Waals surface area (Å²) in [5.41, 5.74) is 4.73. The number of hydrogen-bond donors (Lipinski definition) is 2. The molecule has 0 fully saturated rings. The van der Waals surface area contributed by atoms with Gasteiger partial charge in [0.15, 0.2) is 0 Å². The first-order valence-electron chi connectivity index (χ1n) is 10.2. The third kappa shape index (κ3) is 4.25. The van der Waals surface area contributed by atoms with Crippen molar-refractivity contribution in [3.05, 3.63) is 82.4 Å². The minimum Gasteiger partial charge on any atom is -0.348 e. The average molecular weight is 423 g/mol. The van der Waals surface area contributed by atoms with E-state index >= 15 is 0 Å². The number of carbonyl (C=O) groups excluding carboxylic acids is 1. The molecule has 0 unspecified atom stereocenters. The van der Waals surface area contributed by atoms with Crippen molar-refractivity contribution in [3.8, 4) is 0 Å². The van der Waals surface area contributed by atoms with E-state index in [1.807, 2.05) is 42.5 Å². The molecule has 0 aliphatic heterocycles. The van der Waals surface area contributed by atoms with Crippen LogP contribution in [0.15, 0.2) is 54.6 Å². The summed E-state index contributed by atoms with van der Waals surface area (Å²) in [6.07, 6.45) is 2.04. The fraction of sp³-hybridized carbons (Fsp3) is 0.292. The van der Waals surface area contributed by atoms with Crippen molar-refractivity contribution in [1.29, 1.82) is 0 Å². The van der Waals surface area contributed by atoms with Gasteiger partial charge in [-0.15, -0.1) is 0 Å². The van der Waals surface area contributed by atoms with Gasteiger partial charge >= 0.3 is 0 Å². The van der Waals surface area contributed by atoms with E-state index in [-0.39, 0.29) is 24.2 Å². The maximum absolute atomic E-state index is 13.0. The molecule has 0 bridgehead atoms. The maximum Gasteiger partial charge on any atom is 0.252 e. The van der Waals surface area contributed by atoms with Crippen LogP contribution in [-0.4, -0.2) is 20.4 Å². The van der Waals surface area contributed by atoms with Gasteiger partial charge in [-0.1, -0.05) is 48.5 Å². The van der Waals surface area contributed by atoms with Gasteiger partial charge in [0.25, 0.3) is 5.91 Å². The lowest BCUT2D eigenvalue weighted by atomic mass is 9.99. The topological polar surface area (TPSA) is 75.3 Å². The highest BCUT2D eigenvalue weighted by molar-refractivity contribution is 7.88. The van der Waals surface area contributed by atoms with E-state index in [9.17, 15) is 13.2 Å². The Hall–Kier alpha value is -2.70. The number of carbonyl (C=O) groups is 1. The zero-order chi connectivity index (χ0) is 21.3. The molecule has 2 N–H and O–H groups in total. The smallest absolute Gasteiger partial charge is 0.252 e. The number of aryl methyl sites for hydroxylation is 2. The molecular formula is C24H26N2O3S. The quantitative estimate of drug-likeness (QED) is 0.610. The lowest BCUT2D eigenvalue weighted by Crippen LogP contribution is -2.32. The van der Waals surface area contributed by atoms with Gasteiger partial charge < -0.3 is 5.32 Å². The predicted molar refractivity (Wildman–Crippen MR) is 120 cm³/mol. The van der Waals surface area contributed by atoms with Crippen LogP contribution in [0.5, 0.6) is 0 Å². The fourth-order valence-corrected chi connectivity index (χ4v) is 5.68. The van der Waals surface area contributed by atoms with E-state index < -0.39 is 10.0 Å². The van der Waals surface area contributed by atoms with Gasteiger partial charge in [-0.3, -0.25) is 4.79 Å². The molecule has 4 rings (SSSR count). The second kappa shape index (κ2) is 8.20. The third-order valence-electron chi connectivity index (χ3n) is 5.44. The van der Waals surface area contributed by atoms with Gasteiger partial charge in [-0.2, -0.15) is 0 Å². The molecule has 1 amide bonds. The Morgan fingerprint density at radius 1 is 0.933 bits per heavy atom. The molecule has 6 heteroatoms. The number of benzene rings is 3. The van der Waals surface area contributed by atoms with Crippen LogP contribution in [0.3, 0.4) is 0 Å². The van der Waals surface area contributed by atoms with E-state index in [2.05, 4.69) is 16.1 Å². The van der Waals surface area contributed by atoms with Crippen molar-refractivity contribution in [1.82, 2.24) is 10.0 Å². The Labute approximate surface area is 177 Å². The van der Waals surface area contributed by atoms with Crippen LogP contribution >= 0.6 is 0 Å². The molecule has 0 radical (unpaired) electrons. The lowest BCUT2D eigenvalue weighted by molar-refractivity contribution is 0.0952. The molecule has 0 saturated carbocycles. The Kier molecular flexibility index (Phi) is 5.62. The molecule has 0 saturated heterocycles. The minimum atomic E-state index is -3.44. The number of hydrogen-bond acceptors (Lipinski definition) is 3. The molecule has 30 heavy (non-hydrogen) atoms. The molecular weight excluding hydrogens is 396 g/mol. The zero-order valence-electron chi connectivity index (χ0n) is 17.2. The van der Waals surface area contributed by atoms with Gasteiger partial charge in [-0.05, 0) is 65.8 Å². The van der Waals surface area contributed by atoms with E-state index in [4.69, 9.17) is 0 Å². The molecule has 156 valence electrons. The number of nitrogens with one attached hydrogen (secondary N) is 2. The second-order valence-corrected chi connectivity index (χ2v) is 9.85. The Bertz CT molecular complexity index is 1210. The summed E-state index contributed by atoms with van der Waals surface area (Å²) < 4.78 is 27.3. The van der Waals surface area contributed by atoms with Gasteiger partial charge in [0.05, 0.1) is 5.75 Å². The van der Waals surface area contributed by atoms with Crippen LogP contribution < -0.4 is 10.0 Å². The first-order valence-corrected chi connectivity index (χ1v) is 11.9. The summed E-state index contributed by atoms with van der Waals surface area (Å²) >= 11 is 0. The van der Waals surface area contributed by atoms with Crippen molar-refractivity contribution in [2.45, 2.75) is 45.0 Å². The first kappa shape index (κ1) is 20.6. The molecule has 1 aliphatic rings. The summed E-state index contributed by atoms with van der Waals surface area (Å²) in [5, 5.41) is 5.17. The molecule has 1 aliphatic carbocycles. The van der Waals surface area contributed by atoms with Crippen LogP contribution in [0.2, 0.25) is 0 Å². The number of rotatable bonds is 7. The van der Waals surface area contributed by atoms with Gasteiger partial charge in [0, 0.05) is 18.2 Å². The van der Waals surface area contributed by atoms with E-state index in [1.54, 1.807) is 19.9 Å². The monoisotopic (exact) mass is 422 g/mol. The Morgan fingerprint density at radius 2 is 1.63 bits per heavy atom. The summed E-state index contributed by atoms with van der Waals surface area (Å²) in [6.45, 7) is 3.86. The molecule has 0 spiro atoms. The van der Waals surface area contributed by atoms with Crippen molar-refractivity contribution >= 4 is 26.7 Å². The largest absolute Gasteiger partial charge is 0.348 e. The van der Waals surface area contributed by atoms with Gasteiger partial charge in [0.1, 0.15) is 0 Å². The molecule has 0 aromatic heterocycles. The molecule has 0 heterocycles. The van der Waals surface area contributed by atoms with Crippen molar-refractivity contribution in [2.24, 2.45) is 0 Å². The summed E-state index contributed by atoms with van der Waals surface area (Å²) in [7, 11) is -3.44. The van der Waals surface area contributed by atoms with Crippen molar-refractivity contribution < 1.29 is 13.2 Å². The zero-order valence-corrected chi connectivity index (χ0v) is 18.1. The summed E-state index contributed by atoms with van der Waals surface area (Å²) in [4.78, 5) is 13.0. The van der Waals surface area contributed by atoms with Gasteiger partial charge in [-0.25, -0.2) is 13.1 Å². The third-order valence-corrected chi connectivity index (χ3v) is 6.96. The molecule has 0 atom stereocenters. The van der Waals surface area contributed by atoms with Crippen LogP contribution in [0.1, 0.15) is 46.5 Å². The van der Waals surface area contributed by atoms with E-state index in [0.29, 0.717) is 11.1 Å². The maximum atomic E-state index is 13.0. The summed E-state index contributed by atoms with van der Waals surface area (Å²) in [6, 6.07) is 17.2. The lowest BCUT2D eigenvalue weighted by Gasteiger charge is -2.14. The highest BCUT2D eigenvalue weighted by atomic mass is 32.2.